The van der Waals surface area contributed by atoms with Gasteiger partial charge in [0.25, 0.3) is 0 Å². The summed E-state index contributed by atoms with van der Waals surface area (Å²) in [6, 6.07) is 22.4. The van der Waals surface area contributed by atoms with Gasteiger partial charge in [0.05, 0.1) is 10.6 Å². The molecule has 0 radical (unpaired) electrons. The van der Waals surface area contributed by atoms with Crippen LogP contribution in [0.1, 0.15) is 5.56 Å². The molecular weight excluding hydrogens is 446 g/mol. The van der Waals surface area contributed by atoms with Crippen LogP contribution in [-0.4, -0.2) is 64.5 Å². The summed E-state index contributed by atoms with van der Waals surface area (Å²) in [5, 5.41) is 1.76. The van der Waals surface area contributed by atoms with Gasteiger partial charge in [0.2, 0.25) is 20.0 Å². The molecule has 0 saturated carbocycles. The van der Waals surface area contributed by atoms with Crippen molar-refractivity contribution >= 4 is 30.8 Å². The van der Waals surface area contributed by atoms with Gasteiger partial charge in [-0.2, -0.15) is 4.31 Å². The molecule has 1 fully saturated rings. The fourth-order valence-corrected chi connectivity index (χ4v) is 6.39. The molecule has 1 aliphatic heterocycles. The van der Waals surface area contributed by atoms with Crippen LogP contribution in [0, 0.1) is 0 Å². The second-order valence-electron chi connectivity index (χ2n) is 7.88. The molecule has 0 aromatic heterocycles. The maximum Gasteiger partial charge on any atom is 0.240 e. The number of benzene rings is 3. The summed E-state index contributed by atoms with van der Waals surface area (Å²) in [6.45, 7) is 2.75. The lowest BCUT2D eigenvalue weighted by atomic mass is 10.1. The van der Waals surface area contributed by atoms with E-state index in [2.05, 4.69) is 21.8 Å². The second kappa shape index (κ2) is 9.68. The number of hydrogen-bond acceptors (Lipinski definition) is 5. The summed E-state index contributed by atoms with van der Waals surface area (Å²) >= 11 is 0. The zero-order valence-electron chi connectivity index (χ0n) is 17.7. The van der Waals surface area contributed by atoms with Crippen molar-refractivity contribution in [1.29, 1.82) is 0 Å². The maximum atomic E-state index is 12.7. The van der Waals surface area contributed by atoms with Crippen molar-refractivity contribution in [3.8, 4) is 0 Å². The van der Waals surface area contributed by atoms with Crippen LogP contribution in [0.15, 0.2) is 77.7 Å². The number of piperazine rings is 1. The first-order chi connectivity index (χ1) is 15.3. The quantitative estimate of drug-likeness (QED) is 0.542. The minimum absolute atomic E-state index is 0.128. The Labute approximate surface area is 189 Å². The molecule has 0 aliphatic carbocycles. The van der Waals surface area contributed by atoms with Crippen LogP contribution < -0.4 is 4.72 Å². The Morgan fingerprint density at radius 2 is 1.41 bits per heavy atom. The monoisotopic (exact) mass is 473 g/mol. The van der Waals surface area contributed by atoms with Gasteiger partial charge < -0.3 is 0 Å². The highest BCUT2D eigenvalue weighted by Gasteiger charge is 2.27. The van der Waals surface area contributed by atoms with Crippen LogP contribution in [0.25, 0.3) is 10.8 Å². The van der Waals surface area contributed by atoms with Crippen LogP contribution in [0.5, 0.6) is 0 Å². The summed E-state index contributed by atoms with van der Waals surface area (Å²) in [4.78, 5) is 2.35. The van der Waals surface area contributed by atoms with E-state index in [1.165, 1.54) is 15.9 Å². The van der Waals surface area contributed by atoms with E-state index in [1.54, 1.807) is 12.1 Å². The largest absolute Gasteiger partial charge is 0.296 e. The van der Waals surface area contributed by atoms with Gasteiger partial charge in [-0.25, -0.2) is 21.6 Å². The molecular formula is C23H27N3O4S2. The van der Waals surface area contributed by atoms with Gasteiger partial charge in [-0.1, -0.05) is 60.7 Å². The molecule has 1 heterocycles. The SMILES string of the molecule is O=S(=O)(NCCS(=O)(=O)N1CCN(Cc2ccccc2)CC1)c1ccc2ccccc2c1. The molecule has 1 saturated heterocycles. The van der Waals surface area contributed by atoms with Gasteiger partial charge in [-0.3, -0.25) is 4.90 Å². The van der Waals surface area contributed by atoms with Crippen LogP contribution in [-0.2, 0) is 26.6 Å². The van der Waals surface area contributed by atoms with E-state index in [-0.39, 0.29) is 17.2 Å². The Kier molecular flexibility index (Phi) is 6.92. The Hall–Kier alpha value is -2.30. The Morgan fingerprint density at radius 1 is 0.750 bits per heavy atom. The third-order valence-electron chi connectivity index (χ3n) is 5.66. The molecule has 9 heteroatoms. The maximum absolute atomic E-state index is 12.7. The molecule has 4 rings (SSSR count). The molecule has 170 valence electrons. The van der Waals surface area contributed by atoms with E-state index in [1.807, 2.05) is 42.5 Å². The molecule has 0 atom stereocenters. The first-order valence-electron chi connectivity index (χ1n) is 10.6. The van der Waals surface area contributed by atoms with Crippen LogP contribution >= 0.6 is 0 Å². The van der Waals surface area contributed by atoms with Crippen molar-refractivity contribution in [2.24, 2.45) is 0 Å². The van der Waals surface area contributed by atoms with Crippen LogP contribution in [0.3, 0.4) is 0 Å². The van der Waals surface area contributed by atoms with Gasteiger partial charge in [0.15, 0.2) is 0 Å². The van der Waals surface area contributed by atoms with Gasteiger partial charge >= 0.3 is 0 Å². The number of fused-ring (bicyclic) bond motifs is 1. The van der Waals surface area contributed by atoms with E-state index in [9.17, 15) is 16.8 Å². The molecule has 3 aromatic carbocycles. The summed E-state index contributed by atoms with van der Waals surface area (Å²) in [6.07, 6.45) is 0. The first-order valence-corrected chi connectivity index (χ1v) is 13.7. The van der Waals surface area contributed by atoms with Crippen molar-refractivity contribution in [3.63, 3.8) is 0 Å². The zero-order chi connectivity index (χ0) is 22.6. The standard InChI is InChI=1S/C23H27N3O4S2/c27-31(28,26-15-13-25(14-16-26)19-20-6-2-1-3-7-20)17-12-24-32(29,30)23-11-10-21-8-4-5-9-22(21)18-23/h1-11,18,24H,12-17,19H2. The average Bonchev–Trinajstić information content (AvgIpc) is 2.79. The van der Waals surface area contributed by atoms with Crippen molar-refractivity contribution in [2.75, 3.05) is 38.5 Å². The lowest BCUT2D eigenvalue weighted by molar-refractivity contribution is 0.181. The molecule has 32 heavy (non-hydrogen) atoms. The molecule has 0 amide bonds. The van der Waals surface area contributed by atoms with E-state index in [0.717, 1.165) is 17.3 Å². The minimum atomic E-state index is -3.79. The number of nitrogens with one attached hydrogen (secondary N) is 1. The van der Waals surface area contributed by atoms with Crippen molar-refractivity contribution in [2.45, 2.75) is 11.4 Å². The van der Waals surface area contributed by atoms with Gasteiger partial charge in [0.1, 0.15) is 0 Å². The fourth-order valence-electron chi connectivity index (χ4n) is 3.86. The highest BCUT2D eigenvalue weighted by molar-refractivity contribution is 7.90. The average molecular weight is 474 g/mol. The predicted octanol–water partition coefficient (Wildman–Crippen LogP) is 2.27. The summed E-state index contributed by atoms with van der Waals surface area (Å²) in [5.74, 6) is -0.265. The lowest BCUT2D eigenvalue weighted by Crippen LogP contribution is -2.49. The molecule has 0 unspecified atom stereocenters. The van der Waals surface area contributed by atoms with E-state index < -0.39 is 20.0 Å². The topological polar surface area (TPSA) is 86.8 Å². The molecule has 1 N–H and O–H groups in total. The third-order valence-corrected chi connectivity index (χ3v) is 8.99. The second-order valence-corrected chi connectivity index (χ2v) is 11.7. The minimum Gasteiger partial charge on any atom is -0.296 e. The Balaban J connectivity index is 1.30. The van der Waals surface area contributed by atoms with Crippen molar-refractivity contribution in [1.82, 2.24) is 13.9 Å². The van der Waals surface area contributed by atoms with Gasteiger partial charge in [-0.15, -0.1) is 0 Å². The number of rotatable bonds is 8. The summed E-state index contributed by atoms with van der Waals surface area (Å²) in [7, 11) is -7.33. The normalized spacial score (nSPS) is 16.4. The van der Waals surface area contributed by atoms with E-state index in [4.69, 9.17) is 0 Å². The van der Waals surface area contributed by atoms with Crippen LogP contribution in [0.4, 0.5) is 0 Å². The van der Waals surface area contributed by atoms with E-state index >= 15 is 0 Å². The van der Waals surface area contributed by atoms with Crippen LogP contribution in [0.2, 0.25) is 0 Å². The first kappa shape index (κ1) is 22.9. The van der Waals surface area contributed by atoms with Crippen molar-refractivity contribution < 1.29 is 16.8 Å². The zero-order valence-corrected chi connectivity index (χ0v) is 19.4. The smallest absolute Gasteiger partial charge is 0.240 e. The molecule has 3 aromatic rings. The number of hydrogen-bond donors (Lipinski definition) is 1. The molecule has 1 aliphatic rings. The van der Waals surface area contributed by atoms with Gasteiger partial charge in [-0.05, 0) is 28.5 Å². The number of sulfonamides is 2. The highest BCUT2D eigenvalue weighted by atomic mass is 32.2. The Morgan fingerprint density at radius 3 is 2.12 bits per heavy atom. The third kappa shape index (κ3) is 5.54. The molecule has 0 bridgehead atoms. The highest BCUT2D eigenvalue weighted by Crippen LogP contribution is 2.19. The predicted molar refractivity (Wildman–Crippen MR) is 126 cm³/mol. The summed E-state index contributed by atoms with van der Waals surface area (Å²) < 4.78 is 54.6. The summed E-state index contributed by atoms with van der Waals surface area (Å²) in [5.41, 5.74) is 1.20. The van der Waals surface area contributed by atoms with Crippen molar-refractivity contribution in [3.05, 3.63) is 78.4 Å². The Bertz CT molecular complexity index is 1270. The molecule has 0 spiro atoms. The van der Waals surface area contributed by atoms with Gasteiger partial charge in [0, 0.05) is 39.3 Å². The molecule has 7 nitrogen and oxygen atoms in total. The fraction of sp³-hybridized carbons (Fsp3) is 0.304. The number of nitrogens with zero attached hydrogens (tertiary/aromatic N) is 2. The van der Waals surface area contributed by atoms with E-state index in [0.29, 0.717) is 26.2 Å². The lowest BCUT2D eigenvalue weighted by Gasteiger charge is -2.34.